The number of piperidine rings is 1. The van der Waals surface area contributed by atoms with Crippen molar-refractivity contribution >= 4 is 0 Å². The van der Waals surface area contributed by atoms with Gasteiger partial charge in [-0.25, -0.2) is 0 Å². The molecule has 0 aromatic rings. The maximum atomic E-state index is 5.40. The summed E-state index contributed by atoms with van der Waals surface area (Å²) in [5.41, 5.74) is 0. The van der Waals surface area contributed by atoms with Gasteiger partial charge in [0.15, 0.2) is 0 Å². The van der Waals surface area contributed by atoms with Crippen molar-refractivity contribution < 1.29 is 27.2 Å². The molecule has 0 saturated carbocycles. The van der Waals surface area contributed by atoms with Gasteiger partial charge in [-0.2, -0.15) is 0 Å². The Bertz CT molecular complexity index is 133. The van der Waals surface area contributed by atoms with Crippen molar-refractivity contribution in [2.24, 2.45) is 5.92 Å². The van der Waals surface area contributed by atoms with Crippen molar-refractivity contribution in [3.05, 3.63) is 0 Å². The van der Waals surface area contributed by atoms with Crippen molar-refractivity contribution in [1.82, 2.24) is 0 Å². The van der Waals surface area contributed by atoms with Gasteiger partial charge in [0, 0.05) is 26.6 Å². The van der Waals surface area contributed by atoms with Crippen molar-refractivity contribution in [3.63, 3.8) is 0 Å². The summed E-state index contributed by atoms with van der Waals surface area (Å²) in [5.74, 6) is 0.601. The van der Waals surface area contributed by atoms with Crippen LogP contribution in [0.25, 0.3) is 0 Å². The zero-order chi connectivity index (χ0) is 8.97. The minimum Gasteiger partial charge on any atom is -1.00 e. The molecule has 1 aliphatic heterocycles. The number of methoxy groups -OCH3 is 2. The number of nitrogens with two attached hydrogens (primary N) is 1. The molecule has 0 aliphatic carbocycles. The summed E-state index contributed by atoms with van der Waals surface area (Å²) in [6, 6.07) is 0.578. The lowest BCUT2D eigenvalue weighted by Crippen LogP contribution is -3.00. The number of halogens is 1. The third-order valence-corrected chi connectivity index (χ3v) is 2.84. The Hall–Kier alpha value is 0.170. The SMILES string of the molecule is COCC1[NH2+]CCC(OC)C1C.[Cl-]. The van der Waals surface area contributed by atoms with Crippen molar-refractivity contribution in [3.8, 4) is 0 Å². The second-order valence-electron chi connectivity index (χ2n) is 3.57. The average molecular weight is 210 g/mol. The molecule has 4 heteroatoms. The fourth-order valence-electron chi connectivity index (χ4n) is 1.97. The van der Waals surface area contributed by atoms with Gasteiger partial charge in [0.05, 0.1) is 19.3 Å². The molecule has 13 heavy (non-hydrogen) atoms. The standard InChI is InChI=1S/C9H19NO2.ClH/c1-7-8(6-11-2)10-5-4-9(7)12-3;/h7-10H,4-6H2,1-3H3;1H. The van der Waals surface area contributed by atoms with Gasteiger partial charge in [0.25, 0.3) is 0 Å². The topological polar surface area (TPSA) is 35.1 Å². The Morgan fingerprint density at radius 2 is 2.08 bits per heavy atom. The first kappa shape index (κ1) is 13.2. The maximum Gasteiger partial charge on any atom is 0.115 e. The summed E-state index contributed by atoms with van der Waals surface area (Å²) in [4.78, 5) is 0. The third kappa shape index (κ3) is 3.43. The van der Waals surface area contributed by atoms with E-state index in [0.717, 1.165) is 19.6 Å². The molecule has 2 N–H and O–H groups in total. The molecule has 0 amide bonds. The molecule has 3 nitrogen and oxygen atoms in total. The summed E-state index contributed by atoms with van der Waals surface area (Å²) in [6.45, 7) is 4.24. The zero-order valence-corrected chi connectivity index (χ0v) is 9.38. The highest BCUT2D eigenvalue weighted by atomic mass is 35.5. The summed E-state index contributed by atoms with van der Waals surface area (Å²) in [6.07, 6.45) is 1.59. The van der Waals surface area contributed by atoms with Gasteiger partial charge in [-0.15, -0.1) is 0 Å². The van der Waals surface area contributed by atoms with E-state index in [-0.39, 0.29) is 12.4 Å². The van der Waals surface area contributed by atoms with Gasteiger partial charge in [0.1, 0.15) is 6.04 Å². The Balaban J connectivity index is 0.00000144. The predicted molar refractivity (Wildman–Crippen MR) is 47.0 cm³/mol. The predicted octanol–water partition coefficient (Wildman–Crippen LogP) is -3.38. The van der Waals surface area contributed by atoms with Gasteiger partial charge in [0.2, 0.25) is 0 Å². The molecule has 0 radical (unpaired) electrons. The van der Waals surface area contributed by atoms with Crippen LogP contribution in [0, 0.1) is 5.92 Å². The highest BCUT2D eigenvalue weighted by Gasteiger charge is 2.32. The number of ether oxygens (including phenoxy) is 2. The Morgan fingerprint density at radius 1 is 1.38 bits per heavy atom. The van der Waals surface area contributed by atoms with E-state index < -0.39 is 0 Å². The lowest BCUT2D eigenvalue weighted by molar-refractivity contribution is -0.709. The number of rotatable bonds is 3. The van der Waals surface area contributed by atoms with E-state index in [1.54, 1.807) is 14.2 Å². The normalized spacial score (nSPS) is 33.9. The highest BCUT2D eigenvalue weighted by molar-refractivity contribution is 4.75. The average Bonchev–Trinajstić information content (AvgIpc) is 2.09. The Morgan fingerprint density at radius 3 is 2.62 bits per heavy atom. The molecule has 1 heterocycles. The molecule has 3 atom stereocenters. The van der Waals surface area contributed by atoms with Gasteiger partial charge in [-0.1, -0.05) is 6.92 Å². The van der Waals surface area contributed by atoms with Crippen LogP contribution in [0.4, 0.5) is 0 Å². The van der Waals surface area contributed by atoms with Crippen LogP contribution in [0.2, 0.25) is 0 Å². The Labute approximate surface area is 86.6 Å². The summed E-state index contributed by atoms with van der Waals surface area (Å²) >= 11 is 0. The molecule has 1 fully saturated rings. The number of hydrogen-bond acceptors (Lipinski definition) is 2. The molecule has 0 bridgehead atoms. The molecule has 3 unspecified atom stereocenters. The van der Waals surface area contributed by atoms with E-state index in [1.165, 1.54) is 0 Å². The second kappa shape index (κ2) is 6.60. The molecule has 0 aromatic carbocycles. The molecular weight excluding hydrogens is 190 g/mol. The summed E-state index contributed by atoms with van der Waals surface area (Å²) in [5, 5.41) is 2.36. The van der Waals surface area contributed by atoms with Crippen molar-refractivity contribution in [2.45, 2.75) is 25.5 Å². The van der Waals surface area contributed by atoms with E-state index in [0.29, 0.717) is 18.1 Å². The van der Waals surface area contributed by atoms with Crippen molar-refractivity contribution in [1.29, 1.82) is 0 Å². The minimum atomic E-state index is 0. The monoisotopic (exact) mass is 209 g/mol. The van der Waals surface area contributed by atoms with E-state index >= 15 is 0 Å². The lowest BCUT2D eigenvalue weighted by atomic mass is 9.90. The molecule has 1 rings (SSSR count). The molecule has 1 aliphatic rings. The first-order chi connectivity index (χ1) is 5.79. The van der Waals surface area contributed by atoms with Crippen molar-refractivity contribution in [2.75, 3.05) is 27.4 Å². The van der Waals surface area contributed by atoms with Crippen LogP contribution in [0.1, 0.15) is 13.3 Å². The second-order valence-corrected chi connectivity index (χ2v) is 3.57. The molecule has 0 aromatic heterocycles. The van der Waals surface area contributed by atoms with Crippen LogP contribution in [-0.2, 0) is 9.47 Å². The molecule has 1 saturated heterocycles. The van der Waals surface area contributed by atoms with Crippen LogP contribution in [0.5, 0.6) is 0 Å². The van der Waals surface area contributed by atoms with E-state index in [1.807, 2.05) is 0 Å². The number of hydrogen-bond donors (Lipinski definition) is 1. The van der Waals surface area contributed by atoms with Gasteiger partial charge in [-0.3, -0.25) is 0 Å². The smallest absolute Gasteiger partial charge is 0.115 e. The maximum absolute atomic E-state index is 5.40. The fraction of sp³-hybridized carbons (Fsp3) is 1.00. The van der Waals surface area contributed by atoms with Crippen LogP contribution in [0.3, 0.4) is 0 Å². The minimum absolute atomic E-state index is 0. The van der Waals surface area contributed by atoms with Crippen LogP contribution < -0.4 is 17.7 Å². The summed E-state index contributed by atoms with van der Waals surface area (Å²) < 4.78 is 10.6. The largest absolute Gasteiger partial charge is 1.00 e. The Kier molecular flexibility index (Phi) is 6.68. The first-order valence-corrected chi connectivity index (χ1v) is 4.64. The zero-order valence-electron chi connectivity index (χ0n) is 8.63. The van der Waals surface area contributed by atoms with Crippen LogP contribution in [-0.4, -0.2) is 39.5 Å². The van der Waals surface area contributed by atoms with Crippen LogP contribution >= 0.6 is 0 Å². The fourth-order valence-corrected chi connectivity index (χ4v) is 1.97. The first-order valence-electron chi connectivity index (χ1n) is 4.64. The third-order valence-electron chi connectivity index (χ3n) is 2.84. The summed E-state index contributed by atoms with van der Waals surface area (Å²) in [7, 11) is 3.56. The quantitative estimate of drug-likeness (QED) is 0.527. The molecule has 0 spiro atoms. The highest BCUT2D eigenvalue weighted by Crippen LogP contribution is 2.15. The van der Waals surface area contributed by atoms with Gasteiger partial charge in [-0.05, 0) is 0 Å². The van der Waals surface area contributed by atoms with E-state index in [4.69, 9.17) is 9.47 Å². The van der Waals surface area contributed by atoms with Crippen LogP contribution in [0.15, 0.2) is 0 Å². The molecular formula is C9H20ClNO2. The van der Waals surface area contributed by atoms with Gasteiger partial charge >= 0.3 is 0 Å². The van der Waals surface area contributed by atoms with E-state index in [2.05, 4.69) is 12.2 Å². The number of quaternary nitrogens is 1. The van der Waals surface area contributed by atoms with Gasteiger partial charge < -0.3 is 27.2 Å². The van der Waals surface area contributed by atoms with E-state index in [9.17, 15) is 0 Å². The lowest BCUT2D eigenvalue weighted by Gasteiger charge is -2.32. The molecule has 80 valence electrons.